The molecule has 3 aliphatic carbocycles. The fourth-order valence-electron chi connectivity index (χ4n) is 4.42. The monoisotopic (exact) mass is 260 g/mol. The van der Waals surface area contributed by atoms with E-state index >= 15 is 0 Å². The van der Waals surface area contributed by atoms with E-state index in [0.717, 1.165) is 17.8 Å². The number of fused-ring (bicyclic) bond motifs is 7. The molecule has 0 aromatic heterocycles. The zero-order valence-corrected chi connectivity index (χ0v) is 14.1. The van der Waals surface area contributed by atoms with E-state index in [-0.39, 0.29) is 0 Å². The Kier molecular flexibility index (Phi) is 4.79. The summed E-state index contributed by atoms with van der Waals surface area (Å²) in [4.78, 5) is 0. The van der Waals surface area contributed by atoms with E-state index in [1.807, 2.05) is 0 Å². The van der Waals surface area contributed by atoms with Crippen LogP contribution >= 0.6 is 0 Å². The first-order valence-corrected chi connectivity index (χ1v) is 8.80. The van der Waals surface area contributed by atoms with Gasteiger partial charge in [0.2, 0.25) is 0 Å². The van der Waals surface area contributed by atoms with Crippen molar-refractivity contribution in [1.29, 1.82) is 0 Å². The molecule has 2 atom stereocenters. The summed E-state index contributed by atoms with van der Waals surface area (Å²) < 4.78 is 0. The van der Waals surface area contributed by atoms with Crippen molar-refractivity contribution in [3.05, 3.63) is 0 Å². The number of hydrogen-bond donors (Lipinski definition) is 0. The summed E-state index contributed by atoms with van der Waals surface area (Å²) in [5, 5.41) is 0.477. The smallest absolute Gasteiger partial charge is 0.0771 e. The fraction of sp³-hybridized carbons (Fsp3) is 1.00. The van der Waals surface area contributed by atoms with E-state index in [0.29, 0.717) is 10.6 Å². The molecule has 0 aromatic rings. The van der Waals surface area contributed by atoms with Crippen LogP contribution in [0.15, 0.2) is 0 Å². The van der Waals surface area contributed by atoms with Gasteiger partial charge in [0.05, 0.1) is 0 Å². The van der Waals surface area contributed by atoms with E-state index in [2.05, 4.69) is 36.5 Å². The molecule has 0 nitrogen and oxygen atoms in total. The molecular weight excluding hydrogens is 226 g/mol. The Bertz CT molecular complexity index is 270. The third kappa shape index (κ3) is 3.61. The predicted molar refractivity (Wildman–Crippen MR) is 91.3 cm³/mol. The van der Waals surface area contributed by atoms with Crippen LogP contribution in [0.1, 0.15) is 78.6 Å². The third-order valence-electron chi connectivity index (χ3n) is 6.89. The van der Waals surface area contributed by atoms with Crippen LogP contribution in [0, 0.1) is 23.2 Å². The van der Waals surface area contributed by atoms with Crippen LogP contribution in [0.4, 0.5) is 0 Å². The summed E-state index contributed by atoms with van der Waals surface area (Å²) in [5.41, 5.74) is 0.431. The maximum atomic E-state index is 2.55. The van der Waals surface area contributed by atoms with Crippen molar-refractivity contribution in [2.24, 2.45) is 23.2 Å². The van der Waals surface area contributed by atoms with Crippen LogP contribution in [0.25, 0.3) is 0 Å². The van der Waals surface area contributed by atoms with E-state index in [4.69, 9.17) is 0 Å². The topological polar surface area (TPSA) is 0 Å². The highest BCUT2D eigenvalue weighted by Crippen LogP contribution is 2.53. The number of hydrogen-bond acceptors (Lipinski definition) is 0. The summed E-state index contributed by atoms with van der Waals surface area (Å²) in [6, 6.07) is 0. The molecule has 2 heteroatoms. The minimum absolute atomic E-state index is 0.431. The molecule has 0 saturated heterocycles. The Labute approximate surface area is 123 Å². The van der Waals surface area contributed by atoms with Crippen molar-refractivity contribution in [2.45, 2.75) is 83.8 Å². The van der Waals surface area contributed by atoms with Gasteiger partial charge in [-0.3, -0.25) is 0 Å². The third-order valence-corrected chi connectivity index (χ3v) is 6.89. The highest BCUT2D eigenvalue weighted by molar-refractivity contribution is 6.40. The first kappa shape index (κ1) is 15.5. The van der Waals surface area contributed by atoms with Crippen LogP contribution < -0.4 is 0 Å². The second-order valence-electron chi connectivity index (χ2n) is 9.09. The maximum absolute atomic E-state index is 2.55. The molecule has 0 radical (unpaired) electrons. The van der Waals surface area contributed by atoms with Crippen molar-refractivity contribution in [2.75, 3.05) is 0 Å². The highest BCUT2D eigenvalue weighted by atomic mass is 14.4. The van der Waals surface area contributed by atoms with E-state index in [1.165, 1.54) is 57.8 Å². The van der Waals surface area contributed by atoms with E-state index in [9.17, 15) is 0 Å². The van der Waals surface area contributed by atoms with Gasteiger partial charge in [-0.15, -0.1) is 0 Å². The average Bonchev–Trinajstić information content (AvgIpc) is 2.42. The molecule has 108 valence electrons. The molecule has 0 aliphatic heterocycles. The minimum atomic E-state index is 0.431. The van der Waals surface area contributed by atoms with Crippen LogP contribution in [0.2, 0.25) is 5.21 Å². The van der Waals surface area contributed by atoms with Gasteiger partial charge in [-0.25, -0.2) is 0 Å². The molecule has 0 amide bonds. The summed E-state index contributed by atoms with van der Waals surface area (Å²) >= 11 is 0. The van der Waals surface area contributed by atoms with Gasteiger partial charge >= 0.3 is 0 Å². The SMILES string of the molecule is BC(B)(C1CC2CCCCC(CCC2)C1)C(C)(C)C. The largest absolute Gasteiger partial charge is 0.100 e. The zero-order valence-electron chi connectivity index (χ0n) is 14.1. The lowest BCUT2D eigenvalue weighted by molar-refractivity contribution is 0.167. The Morgan fingerprint density at radius 3 is 1.58 bits per heavy atom. The molecule has 3 fully saturated rings. The Morgan fingerprint density at radius 1 is 0.737 bits per heavy atom. The van der Waals surface area contributed by atoms with Crippen molar-refractivity contribution < 1.29 is 0 Å². The van der Waals surface area contributed by atoms with Crippen molar-refractivity contribution >= 4 is 15.7 Å². The molecule has 0 N–H and O–H groups in total. The standard InChI is InChI=1S/C17H34B2/c1-16(2,3)17(18,19)15-11-13-7-4-5-8-14(12-15)10-6-9-13/h13-15H,4-12,18-19H2,1-3H3. The molecular formula is C17H34B2. The van der Waals surface area contributed by atoms with Crippen molar-refractivity contribution in [3.8, 4) is 0 Å². The lowest BCUT2D eigenvalue weighted by Gasteiger charge is -2.48. The van der Waals surface area contributed by atoms with Crippen LogP contribution in [0.5, 0.6) is 0 Å². The van der Waals surface area contributed by atoms with Gasteiger partial charge in [-0.2, -0.15) is 0 Å². The van der Waals surface area contributed by atoms with Gasteiger partial charge in [0.25, 0.3) is 0 Å². The molecule has 3 aliphatic rings. The lowest BCUT2D eigenvalue weighted by atomic mass is 9.37. The van der Waals surface area contributed by atoms with Gasteiger partial charge in [0, 0.05) is 0 Å². The summed E-state index contributed by atoms with van der Waals surface area (Å²) in [7, 11) is 5.09. The zero-order chi connectivity index (χ0) is 14.1. The molecule has 19 heavy (non-hydrogen) atoms. The Hall–Kier alpha value is 0.130. The first-order valence-electron chi connectivity index (χ1n) is 8.80. The molecule has 3 saturated carbocycles. The average molecular weight is 260 g/mol. The molecule has 3 rings (SSSR count). The second kappa shape index (κ2) is 5.86. The van der Waals surface area contributed by atoms with E-state index in [1.54, 1.807) is 0 Å². The van der Waals surface area contributed by atoms with Gasteiger partial charge in [-0.05, 0) is 36.0 Å². The summed E-state index contributed by atoms with van der Waals surface area (Å²) in [6.07, 6.45) is 13.6. The molecule has 2 bridgehead atoms. The molecule has 2 unspecified atom stereocenters. The van der Waals surface area contributed by atoms with Gasteiger partial charge in [0.15, 0.2) is 0 Å². The van der Waals surface area contributed by atoms with E-state index < -0.39 is 0 Å². The second-order valence-corrected chi connectivity index (χ2v) is 9.09. The van der Waals surface area contributed by atoms with Gasteiger partial charge in [-0.1, -0.05) is 70.9 Å². The lowest BCUT2D eigenvalue weighted by Crippen LogP contribution is -2.39. The molecule has 0 aromatic carbocycles. The van der Waals surface area contributed by atoms with Gasteiger partial charge < -0.3 is 0 Å². The van der Waals surface area contributed by atoms with Crippen LogP contribution in [0.3, 0.4) is 0 Å². The quantitative estimate of drug-likeness (QED) is 0.629. The summed E-state index contributed by atoms with van der Waals surface area (Å²) in [5.74, 6) is 3.01. The first-order chi connectivity index (χ1) is 8.80. The van der Waals surface area contributed by atoms with Crippen molar-refractivity contribution in [3.63, 3.8) is 0 Å². The van der Waals surface area contributed by atoms with Crippen LogP contribution in [-0.2, 0) is 0 Å². The fourth-order valence-corrected chi connectivity index (χ4v) is 4.42. The molecule has 0 heterocycles. The minimum Gasteiger partial charge on any atom is -0.0771 e. The number of rotatable bonds is 1. The summed E-state index contributed by atoms with van der Waals surface area (Å²) in [6.45, 7) is 7.36. The van der Waals surface area contributed by atoms with Crippen LogP contribution in [-0.4, -0.2) is 15.7 Å². The highest BCUT2D eigenvalue weighted by Gasteiger charge is 2.41. The van der Waals surface area contributed by atoms with Crippen molar-refractivity contribution in [1.82, 2.24) is 0 Å². The Balaban J connectivity index is 2.20. The maximum Gasteiger partial charge on any atom is 0.100 e. The van der Waals surface area contributed by atoms with Gasteiger partial charge in [0.1, 0.15) is 15.7 Å². The normalized spacial score (nSPS) is 34.2. The molecule has 0 spiro atoms. The Morgan fingerprint density at radius 2 is 1.16 bits per heavy atom. The predicted octanol–water partition coefficient (Wildman–Crippen LogP) is 3.80.